The average Bonchev–Trinajstić information content (AvgIpc) is 2.72. The first-order valence-corrected chi connectivity index (χ1v) is 10.2. The molecule has 31 heavy (non-hydrogen) atoms. The number of ether oxygens (including phenoxy) is 1. The number of likely N-dealkylation sites (tertiary alicyclic amines) is 1. The van der Waals surface area contributed by atoms with Gasteiger partial charge in [0.1, 0.15) is 11.3 Å². The van der Waals surface area contributed by atoms with Crippen LogP contribution in [0.4, 0.5) is 13.2 Å². The lowest BCUT2D eigenvalue weighted by Crippen LogP contribution is -2.55. The molecule has 1 aliphatic rings. The van der Waals surface area contributed by atoms with E-state index in [9.17, 15) is 23.1 Å². The minimum Gasteiger partial charge on any atom is -0.480 e. The molecule has 0 saturated carbocycles. The molecule has 0 aliphatic carbocycles. The number of carboxylic acids is 1. The summed E-state index contributed by atoms with van der Waals surface area (Å²) in [6.07, 6.45) is -2.92. The van der Waals surface area contributed by atoms with Gasteiger partial charge in [-0.2, -0.15) is 0 Å². The fourth-order valence-electron chi connectivity index (χ4n) is 3.70. The van der Waals surface area contributed by atoms with Crippen LogP contribution < -0.4 is 10.1 Å². The van der Waals surface area contributed by atoms with Crippen LogP contribution in [0, 0.1) is 0 Å². The van der Waals surface area contributed by atoms with Crippen molar-refractivity contribution in [2.75, 3.05) is 13.1 Å². The molecule has 5 nitrogen and oxygen atoms in total. The molecule has 0 amide bonds. The number of nitrogens with one attached hydrogen (secondary N) is 1. The zero-order valence-electron chi connectivity index (χ0n) is 17.6. The van der Waals surface area contributed by atoms with Crippen molar-refractivity contribution < 1.29 is 27.8 Å². The SMILES string of the molecule is CC(C)(C(=O)O)N1CCC(NCc2ccc(-c3ccc(OC(F)(F)F)cc3)cc2)CC1. The first kappa shape index (κ1) is 23.1. The average molecular weight is 436 g/mol. The number of hydrogen-bond donors (Lipinski definition) is 2. The summed E-state index contributed by atoms with van der Waals surface area (Å²) in [5.41, 5.74) is 1.97. The Balaban J connectivity index is 1.50. The van der Waals surface area contributed by atoms with Crippen LogP contribution in [0.15, 0.2) is 48.5 Å². The van der Waals surface area contributed by atoms with Crippen molar-refractivity contribution in [1.29, 1.82) is 0 Å². The lowest BCUT2D eigenvalue weighted by Gasteiger charge is -2.40. The monoisotopic (exact) mass is 436 g/mol. The molecule has 0 atom stereocenters. The molecular formula is C23H27F3N2O3. The molecule has 1 aliphatic heterocycles. The molecule has 1 saturated heterocycles. The van der Waals surface area contributed by atoms with Crippen molar-refractivity contribution in [3.8, 4) is 16.9 Å². The van der Waals surface area contributed by atoms with E-state index in [0.717, 1.165) is 42.6 Å². The van der Waals surface area contributed by atoms with Crippen molar-refractivity contribution in [3.63, 3.8) is 0 Å². The van der Waals surface area contributed by atoms with E-state index < -0.39 is 17.9 Å². The van der Waals surface area contributed by atoms with Crippen molar-refractivity contribution in [3.05, 3.63) is 54.1 Å². The standard InChI is InChI=1S/C23H27F3N2O3/c1-22(2,21(29)30)28-13-11-19(12-14-28)27-15-16-3-5-17(6-4-16)18-7-9-20(10-8-18)31-23(24,25)26/h3-10,19,27H,11-15H2,1-2H3,(H,29,30). The van der Waals surface area contributed by atoms with Crippen molar-refractivity contribution in [2.24, 2.45) is 0 Å². The van der Waals surface area contributed by atoms with Crippen LogP contribution in [0.3, 0.4) is 0 Å². The van der Waals surface area contributed by atoms with Gasteiger partial charge in [-0.25, -0.2) is 0 Å². The molecule has 0 bridgehead atoms. The summed E-state index contributed by atoms with van der Waals surface area (Å²) < 4.78 is 40.7. The summed E-state index contributed by atoms with van der Waals surface area (Å²) in [7, 11) is 0. The number of piperidine rings is 1. The third-order valence-corrected chi connectivity index (χ3v) is 5.78. The van der Waals surface area contributed by atoms with Crippen molar-refractivity contribution >= 4 is 5.97 Å². The summed E-state index contributed by atoms with van der Waals surface area (Å²) >= 11 is 0. The highest BCUT2D eigenvalue weighted by Gasteiger charge is 2.36. The molecule has 8 heteroatoms. The van der Waals surface area contributed by atoms with E-state index in [0.29, 0.717) is 12.6 Å². The predicted octanol–water partition coefficient (Wildman–Crippen LogP) is 4.67. The summed E-state index contributed by atoms with van der Waals surface area (Å²) in [5, 5.41) is 12.9. The Morgan fingerprint density at radius 1 is 1.03 bits per heavy atom. The van der Waals surface area contributed by atoms with E-state index in [1.165, 1.54) is 12.1 Å². The predicted molar refractivity (Wildman–Crippen MR) is 112 cm³/mol. The molecule has 1 fully saturated rings. The van der Waals surface area contributed by atoms with Crippen molar-refractivity contribution in [2.45, 2.75) is 51.2 Å². The van der Waals surface area contributed by atoms with Crippen LogP contribution in [0.2, 0.25) is 0 Å². The Morgan fingerprint density at radius 2 is 1.55 bits per heavy atom. The Labute approximate surface area is 179 Å². The quantitative estimate of drug-likeness (QED) is 0.661. The molecule has 0 unspecified atom stereocenters. The Bertz CT molecular complexity index is 872. The largest absolute Gasteiger partial charge is 0.573 e. The zero-order chi connectivity index (χ0) is 22.6. The van der Waals surface area contributed by atoms with Gasteiger partial charge in [0.2, 0.25) is 0 Å². The van der Waals surface area contributed by atoms with E-state index in [-0.39, 0.29) is 5.75 Å². The molecule has 1 heterocycles. The van der Waals surface area contributed by atoms with Crippen molar-refractivity contribution in [1.82, 2.24) is 10.2 Å². The number of alkyl halides is 3. The third-order valence-electron chi connectivity index (χ3n) is 5.78. The molecule has 0 spiro atoms. The number of aliphatic carboxylic acids is 1. The smallest absolute Gasteiger partial charge is 0.480 e. The zero-order valence-corrected chi connectivity index (χ0v) is 17.6. The molecule has 0 aromatic heterocycles. The number of nitrogens with zero attached hydrogens (tertiary/aromatic N) is 1. The van der Waals surface area contributed by atoms with Gasteiger partial charge in [0, 0.05) is 25.7 Å². The van der Waals surface area contributed by atoms with E-state index >= 15 is 0 Å². The van der Waals surface area contributed by atoms with Crippen LogP contribution >= 0.6 is 0 Å². The molecule has 168 valence electrons. The second-order valence-corrected chi connectivity index (χ2v) is 8.28. The Morgan fingerprint density at radius 3 is 2.03 bits per heavy atom. The molecule has 0 radical (unpaired) electrons. The van der Waals surface area contributed by atoms with Gasteiger partial charge in [0.05, 0.1) is 0 Å². The van der Waals surface area contributed by atoms with Crippen LogP contribution in [0.5, 0.6) is 5.75 Å². The first-order chi connectivity index (χ1) is 14.5. The summed E-state index contributed by atoms with van der Waals surface area (Å²) in [6.45, 7) is 5.66. The van der Waals surface area contributed by atoms with Gasteiger partial charge in [-0.3, -0.25) is 9.69 Å². The van der Waals surface area contributed by atoms with Crippen LogP contribution in [-0.2, 0) is 11.3 Å². The summed E-state index contributed by atoms with van der Waals surface area (Å²) in [4.78, 5) is 13.4. The Hall–Kier alpha value is -2.58. The minimum absolute atomic E-state index is 0.241. The van der Waals surface area contributed by atoms with Crippen LogP contribution in [0.1, 0.15) is 32.3 Å². The topological polar surface area (TPSA) is 61.8 Å². The van der Waals surface area contributed by atoms with E-state index in [1.807, 2.05) is 29.2 Å². The highest BCUT2D eigenvalue weighted by atomic mass is 19.4. The summed E-state index contributed by atoms with van der Waals surface area (Å²) in [6, 6.07) is 14.0. The van der Waals surface area contributed by atoms with E-state index in [4.69, 9.17) is 0 Å². The third kappa shape index (κ3) is 6.21. The second kappa shape index (κ2) is 9.28. The number of halogens is 3. The highest BCUT2D eigenvalue weighted by Crippen LogP contribution is 2.27. The van der Waals surface area contributed by atoms with Crippen LogP contribution in [0.25, 0.3) is 11.1 Å². The van der Waals surface area contributed by atoms with Gasteiger partial charge in [0.25, 0.3) is 0 Å². The molecular weight excluding hydrogens is 409 g/mol. The molecule has 2 N–H and O–H groups in total. The summed E-state index contributed by atoms with van der Waals surface area (Å²) in [5.74, 6) is -1.05. The number of hydrogen-bond acceptors (Lipinski definition) is 4. The lowest BCUT2D eigenvalue weighted by molar-refractivity contribution is -0.274. The van der Waals surface area contributed by atoms with Gasteiger partial charge >= 0.3 is 12.3 Å². The van der Waals surface area contributed by atoms with Gasteiger partial charge in [-0.1, -0.05) is 36.4 Å². The van der Waals surface area contributed by atoms with Gasteiger partial charge in [-0.05, 0) is 55.5 Å². The molecule has 2 aromatic rings. The number of carboxylic acid groups (broad SMARTS) is 1. The minimum atomic E-state index is -4.70. The molecule has 2 aromatic carbocycles. The van der Waals surface area contributed by atoms with Gasteiger partial charge in [-0.15, -0.1) is 13.2 Å². The van der Waals surface area contributed by atoms with Crippen LogP contribution in [-0.4, -0.2) is 47.0 Å². The lowest BCUT2D eigenvalue weighted by atomic mass is 9.96. The first-order valence-electron chi connectivity index (χ1n) is 10.2. The maximum Gasteiger partial charge on any atom is 0.573 e. The number of benzene rings is 2. The fraction of sp³-hybridized carbons (Fsp3) is 0.435. The van der Waals surface area contributed by atoms with E-state index in [2.05, 4.69) is 10.1 Å². The number of carbonyl (C=O) groups is 1. The second-order valence-electron chi connectivity index (χ2n) is 8.28. The normalized spacial score (nSPS) is 16.3. The maximum atomic E-state index is 12.3. The van der Waals surface area contributed by atoms with E-state index in [1.54, 1.807) is 26.0 Å². The number of rotatable bonds is 7. The van der Waals surface area contributed by atoms with Gasteiger partial charge in [0.15, 0.2) is 0 Å². The van der Waals surface area contributed by atoms with Gasteiger partial charge < -0.3 is 15.2 Å². The molecule has 3 rings (SSSR count). The maximum absolute atomic E-state index is 12.3. The fourth-order valence-corrected chi connectivity index (χ4v) is 3.70. The Kier molecular flexibility index (Phi) is 6.91. The highest BCUT2D eigenvalue weighted by molar-refractivity contribution is 5.77.